The SMILES string of the molecule is CCn1nccc1C(=O)NC[C@H]1CCO[C@@H]1C(C)(C)C. The van der Waals surface area contributed by atoms with Gasteiger partial charge in [-0.3, -0.25) is 9.48 Å². The Morgan fingerprint density at radius 3 is 2.95 bits per heavy atom. The molecule has 0 spiro atoms. The van der Waals surface area contributed by atoms with Gasteiger partial charge in [0.05, 0.1) is 6.10 Å². The highest BCUT2D eigenvalue weighted by atomic mass is 16.5. The van der Waals surface area contributed by atoms with Crippen LogP contribution in [0.5, 0.6) is 0 Å². The van der Waals surface area contributed by atoms with Crippen LogP contribution in [0.15, 0.2) is 12.3 Å². The molecule has 1 aromatic rings. The molecule has 1 aromatic heterocycles. The molecule has 0 bridgehead atoms. The van der Waals surface area contributed by atoms with Gasteiger partial charge in [0.2, 0.25) is 0 Å². The standard InChI is InChI=1S/C15H25N3O2/c1-5-18-12(6-8-17-18)14(19)16-10-11-7-9-20-13(11)15(2,3)4/h6,8,11,13H,5,7,9-10H2,1-4H3,(H,16,19)/t11-,13+/m1/s1. The van der Waals surface area contributed by atoms with Crippen molar-refractivity contribution >= 4 is 5.91 Å². The number of ether oxygens (including phenoxy) is 1. The van der Waals surface area contributed by atoms with Crippen LogP contribution in [-0.2, 0) is 11.3 Å². The van der Waals surface area contributed by atoms with E-state index in [0.29, 0.717) is 24.7 Å². The molecule has 2 atom stereocenters. The zero-order valence-electron chi connectivity index (χ0n) is 12.8. The number of amides is 1. The molecule has 20 heavy (non-hydrogen) atoms. The van der Waals surface area contributed by atoms with E-state index in [1.165, 1.54) is 0 Å². The zero-order chi connectivity index (χ0) is 14.8. The summed E-state index contributed by atoms with van der Waals surface area (Å²) in [5, 5.41) is 7.14. The van der Waals surface area contributed by atoms with Crippen LogP contribution in [0.4, 0.5) is 0 Å². The molecular weight excluding hydrogens is 254 g/mol. The lowest BCUT2D eigenvalue weighted by molar-refractivity contribution is 0.00735. The van der Waals surface area contributed by atoms with Gasteiger partial charge in [0.15, 0.2) is 0 Å². The van der Waals surface area contributed by atoms with E-state index in [9.17, 15) is 4.79 Å². The van der Waals surface area contributed by atoms with Crippen molar-refractivity contribution in [1.29, 1.82) is 0 Å². The van der Waals surface area contributed by atoms with E-state index in [4.69, 9.17) is 4.74 Å². The first-order chi connectivity index (χ1) is 9.43. The Hall–Kier alpha value is -1.36. The second kappa shape index (κ2) is 5.95. The van der Waals surface area contributed by atoms with Gasteiger partial charge in [-0.1, -0.05) is 20.8 Å². The van der Waals surface area contributed by atoms with E-state index in [-0.39, 0.29) is 17.4 Å². The van der Waals surface area contributed by atoms with Gasteiger partial charge in [0, 0.05) is 31.8 Å². The van der Waals surface area contributed by atoms with Crippen LogP contribution in [0, 0.1) is 11.3 Å². The predicted octanol–water partition coefficient (Wildman–Crippen LogP) is 2.08. The maximum Gasteiger partial charge on any atom is 0.269 e. The Morgan fingerprint density at radius 1 is 1.55 bits per heavy atom. The van der Waals surface area contributed by atoms with E-state index in [1.807, 2.05) is 6.92 Å². The minimum absolute atomic E-state index is 0.0519. The second-order valence-electron chi connectivity index (χ2n) is 6.45. The van der Waals surface area contributed by atoms with Gasteiger partial charge < -0.3 is 10.1 Å². The molecule has 2 rings (SSSR count). The smallest absolute Gasteiger partial charge is 0.269 e. The van der Waals surface area contributed by atoms with Crippen molar-refractivity contribution in [2.24, 2.45) is 11.3 Å². The third-order valence-electron chi connectivity index (χ3n) is 3.84. The Bertz CT molecular complexity index is 462. The minimum atomic E-state index is -0.0519. The largest absolute Gasteiger partial charge is 0.377 e. The fourth-order valence-electron chi connectivity index (χ4n) is 2.89. The van der Waals surface area contributed by atoms with Crippen LogP contribution in [-0.4, -0.2) is 34.9 Å². The monoisotopic (exact) mass is 279 g/mol. The molecule has 1 aliphatic rings. The van der Waals surface area contributed by atoms with Gasteiger partial charge in [0.25, 0.3) is 5.91 Å². The lowest BCUT2D eigenvalue weighted by Gasteiger charge is -2.31. The lowest BCUT2D eigenvalue weighted by atomic mass is 9.81. The van der Waals surface area contributed by atoms with Crippen molar-refractivity contribution in [3.05, 3.63) is 18.0 Å². The lowest BCUT2D eigenvalue weighted by Crippen LogP contribution is -2.39. The average molecular weight is 279 g/mol. The van der Waals surface area contributed by atoms with Crippen LogP contribution < -0.4 is 5.32 Å². The molecule has 0 unspecified atom stereocenters. The van der Waals surface area contributed by atoms with E-state index in [0.717, 1.165) is 13.0 Å². The maximum atomic E-state index is 12.2. The van der Waals surface area contributed by atoms with Gasteiger partial charge >= 0.3 is 0 Å². The van der Waals surface area contributed by atoms with Crippen molar-refractivity contribution in [3.63, 3.8) is 0 Å². The second-order valence-corrected chi connectivity index (χ2v) is 6.45. The van der Waals surface area contributed by atoms with Crippen molar-refractivity contribution in [2.45, 2.75) is 46.8 Å². The third-order valence-corrected chi connectivity index (χ3v) is 3.84. The predicted molar refractivity (Wildman–Crippen MR) is 77.5 cm³/mol. The molecule has 0 aromatic carbocycles. The highest BCUT2D eigenvalue weighted by molar-refractivity contribution is 5.92. The van der Waals surface area contributed by atoms with E-state index in [1.54, 1.807) is 16.9 Å². The zero-order valence-corrected chi connectivity index (χ0v) is 12.8. The minimum Gasteiger partial charge on any atom is -0.377 e. The molecule has 1 saturated heterocycles. The number of nitrogens with one attached hydrogen (secondary N) is 1. The number of aryl methyl sites for hydroxylation is 1. The normalized spacial score (nSPS) is 23.0. The fraction of sp³-hybridized carbons (Fsp3) is 0.733. The molecule has 112 valence electrons. The highest BCUT2D eigenvalue weighted by Crippen LogP contribution is 2.34. The fourth-order valence-corrected chi connectivity index (χ4v) is 2.89. The number of hydrogen-bond acceptors (Lipinski definition) is 3. The van der Waals surface area contributed by atoms with Crippen LogP contribution in [0.25, 0.3) is 0 Å². The van der Waals surface area contributed by atoms with Gasteiger partial charge in [-0.2, -0.15) is 5.10 Å². The number of carbonyl (C=O) groups is 1. The van der Waals surface area contributed by atoms with Gasteiger partial charge in [0.1, 0.15) is 5.69 Å². The Labute approximate surface area is 120 Å². The van der Waals surface area contributed by atoms with Crippen molar-refractivity contribution in [3.8, 4) is 0 Å². The van der Waals surface area contributed by atoms with Gasteiger partial charge in [-0.25, -0.2) is 0 Å². The maximum absolute atomic E-state index is 12.2. The van der Waals surface area contributed by atoms with E-state index in [2.05, 4.69) is 31.2 Å². The third kappa shape index (κ3) is 3.20. The summed E-state index contributed by atoms with van der Waals surface area (Å²) in [6.45, 7) is 10.7. The summed E-state index contributed by atoms with van der Waals surface area (Å²) in [5.74, 6) is 0.334. The average Bonchev–Trinajstić information content (AvgIpc) is 3.03. The molecule has 2 heterocycles. The molecule has 1 fully saturated rings. The summed E-state index contributed by atoms with van der Waals surface area (Å²) in [6.07, 6.45) is 2.88. The Kier molecular flexibility index (Phi) is 4.48. The topological polar surface area (TPSA) is 56.2 Å². The molecule has 1 aliphatic heterocycles. The summed E-state index contributed by atoms with van der Waals surface area (Å²) in [6, 6.07) is 1.76. The van der Waals surface area contributed by atoms with Crippen molar-refractivity contribution < 1.29 is 9.53 Å². The van der Waals surface area contributed by atoms with Crippen LogP contribution in [0.2, 0.25) is 0 Å². The number of hydrogen-bond donors (Lipinski definition) is 1. The van der Waals surface area contributed by atoms with E-state index >= 15 is 0 Å². The summed E-state index contributed by atoms with van der Waals surface area (Å²) in [5.41, 5.74) is 0.732. The van der Waals surface area contributed by atoms with Crippen molar-refractivity contribution in [1.82, 2.24) is 15.1 Å². The van der Waals surface area contributed by atoms with E-state index < -0.39 is 0 Å². The van der Waals surface area contributed by atoms with Gasteiger partial charge in [-0.05, 0) is 24.8 Å². The van der Waals surface area contributed by atoms with Crippen LogP contribution in [0.1, 0.15) is 44.6 Å². The summed E-state index contributed by atoms with van der Waals surface area (Å²) in [7, 11) is 0. The molecule has 1 amide bonds. The first kappa shape index (κ1) is 15.0. The summed E-state index contributed by atoms with van der Waals surface area (Å²) in [4.78, 5) is 12.2. The number of aromatic nitrogens is 2. The summed E-state index contributed by atoms with van der Waals surface area (Å²) < 4.78 is 7.54. The molecule has 0 aliphatic carbocycles. The molecule has 1 N–H and O–H groups in total. The number of nitrogens with zero attached hydrogens (tertiary/aromatic N) is 2. The molecule has 0 radical (unpaired) electrons. The van der Waals surface area contributed by atoms with Crippen LogP contribution in [0.3, 0.4) is 0 Å². The van der Waals surface area contributed by atoms with Crippen LogP contribution >= 0.6 is 0 Å². The Morgan fingerprint density at radius 2 is 2.30 bits per heavy atom. The van der Waals surface area contributed by atoms with Crippen molar-refractivity contribution in [2.75, 3.05) is 13.2 Å². The molecular formula is C15H25N3O2. The first-order valence-corrected chi connectivity index (χ1v) is 7.35. The highest BCUT2D eigenvalue weighted by Gasteiger charge is 2.37. The Balaban J connectivity index is 1.93. The molecule has 0 saturated carbocycles. The number of rotatable bonds is 4. The summed E-state index contributed by atoms with van der Waals surface area (Å²) >= 11 is 0. The molecule has 5 heteroatoms. The molecule has 5 nitrogen and oxygen atoms in total. The quantitative estimate of drug-likeness (QED) is 0.918. The van der Waals surface area contributed by atoms with Gasteiger partial charge in [-0.15, -0.1) is 0 Å². The first-order valence-electron chi connectivity index (χ1n) is 7.35. The number of carbonyl (C=O) groups excluding carboxylic acids is 1.